The van der Waals surface area contributed by atoms with Gasteiger partial charge < -0.3 is 0 Å². The van der Waals surface area contributed by atoms with Crippen LogP contribution in [0.2, 0.25) is 13.3 Å². The van der Waals surface area contributed by atoms with Crippen LogP contribution in [0, 0.1) is 0 Å². The van der Waals surface area contributed by atoms with Crippen molar-refractivity contribution in [3.8, 4) is 0 Å². The average Bonchev–Trinajstić information content (AvgIpc) is 2.69. The van der Waals surface area contributed by atoms with Crippen molar-refractivity contribution in [3.63, 3.8) is 0 Å². The summed E-state index contributed by atoms with van der Waals surface area (Å²) in [7, 11) is 0. The standard InChI is InChI=1S/C13H17.3C4H9.Sn/c1-2-3-4-5-7-10-13-11-8-6-9-12-13;3*1-3-4-2;/h6-9,11-12H,2-5H2,1H3;3*1,3-4H2,2H3;. The Morgan fingerprint density at radius 2 is 1.19 bits per heavy atom. The maximum absolute atomic E-state index is 2.72. The number of allylic oxidation sites excluding steroid dienone is 1. The molecule has 1 rings (SSSR count). The van der Waals surface area contributed by atoms with Crippen molar-refractivity contribution in [2.75, 3.05) is 0 Å². The quantitative estimate of drug-likeness (QED) is 0.180. The van der Waals surface area contributed by atoms with Gasteiger partial charge in [-0.05, 0) is 0 Å². The summed E-state index contributed by atoms with van der Waals surface area (Å²) in [5.74, 6) is 0. The van der Waals surface area contributed by atoms with Gasteiger partial charge in [0, 0.05) is 0 Å². The van der Waals surface area contributed by atoms with Crippen molar-refractivity contribution in [3.05, 3.63) is 42.0 Å². The number of unbranched alkanes of at least 4 members (excludes halogenated alkanes) is 6. The zero-order valence-electron chi connectivity index (χ0n) is 18.2. The molecule has 26 heavy (non-hydrogen) atoms. The van der Waals surface area contributed by atoms with Crippen LogP contribution in [0.25, 0.3) is 3.59 Å². The zero-order chi connectivity index (χ0) is 19.1. The van der Waals surface area contributed by atoms with Gasteiger partial charge in [-0.1, -0.05) is 0 Å². The Morgan fingerprint density at radius 3 is 1.65 bits per heavy atom. The normalized spacial score (nSPS) is 12.5. The number of benzene rings is 1. The average molecular weight is 463 g/mol. The topological polar surface area (TPSA) is 0 Å². The molecule has 0 heterocycles. The first-order valence-corrected chi connectivity index (χ1v) is 19.0. The second kappa shape index (κ2) is 14.8. The molecule has 0 aliphatic carbocycles. The Hall–Kier alpha value is -0.241. The third kappa shape index (κ3) is 8.19. The molecule has 0 aliphatic heterocycles. The number of hydrogen-bond acceptors (Lipinski definition) is 0. The van der Waals surface area contributed by atoms with Gasteiger partial charge in [-0.2, -0.15) is 0 Å². The van der Waals surface area contributed by atoms with Gasteiger partial charge in [0.15, 0.2) is 0 Å². The molecule has 0 bridgehead atoms. The summed E-state index contributed by atoms with van der Waals surface area (Å²) < 4.78 is 6.59. The summed E-state index contributed by atoms with van der Waals surface area (Å²) in [6.07, 6.45) is 16.5. The van der Waals surface area contributed by atoms with E-state index < -0.39 is 18.4 Å². The molecule has 0 saturated carbocycles. The van der Waals surface area contributed by atoms with E-state index in [1.165, 1.54) is 64.2 Å². The van der Waals surface area contributed by atoms with Gasteiger partial charge in [-0.15, -0.1) is 0 Å². The van der Waals surface area contributed by atoms with Gasteiger partial charge >= 0.3 is 169 Å². The first-order chi connectivity index (χ1) is 12.7. The third-order valence-electron chi connectivity index (χ3n) is 5.84. The van der Waals surface area contributed by atoms with Crippen LogP contribution in [-0.4, -0.2) is 18.4 Å². The Bertz CT molecular complexity index is 452. The van der Waals surface area contributed by atoms with Crippen LogP contribution in [0.5, 0.6) is 0 Å². The molecule has 148 valence electrons. The molecule has 0 radical (unpaired) electrons. The summed E-state index contributed by atoms with van der Waals surface area (Å²) in [4.78, 5) is 0. The zero-order valence-corrected chi connectivity index (χ0v) is 21.0. The molecule has 0 aliphatic rings. The van der Waals surface area contributed by atoms with Gasteiger partial charge in [-0.3, -0.25) is 0 Å². The van der Waals surface area contributed by atoms with Crippen LogP contribution >= 0.6 is 0 Å². The van der Waals surface area contributed by atoms with Crippen molar-refractivity contribution >= 4 is 22.0 Å². The fourth-order valence-corrected chi connectivity index (χ4v) is 21.4. The van der Waals surface area contributed by atoms with Gasteiger partial charge in [0.05, 0.1) is 0 Å². The summed E-state index contributed by atoms with van der Waals surface area (Å²) in [5.41, 5.74) is 1.57. The van der Waals surface area contributed by atoms with Crippen molar-refractivity contribution in [1.29, 1.82) is 0 Å². The molecular formula is C25H44Sn. The molecule has 1 aromatic rings. The van der Waals surface area contributed by atoms with E-state index in [0.717, 1.165) is 0 Å². The van der Waals surface area contributed by atoms with Gasteiger partial charge in [0.1, 0.15) is 0 Å². The van der Waals surface area contributed by atoms with E-state index in [0.29, 0.717) is 0 Å². The molecule has 1 aromatic carbocycles. The van der Waals surface area contributed by atoms with E-state index >= 15 is 0 Å². The summed E-state index contributed by atoms with van der Waals surface area (Å²) in [6.45, 7) is 9.45. The van der Waals surface area contributed by atoms with Crippen molar-refractivity contribution in [1.82, 2.24) is 0 Å². The Balaban J connectivity index is 3.25. The van der Waals surface area contributed by atoms with Crippen LogP contribution in [0.3, 0.4) is 0 Å². The molecule has 0 fully saturated rings. The van der Waals surface area contributed by atoms with E-state index in [1.54, 1.807) is 18.9 Å². The molecular weight excluding hydrogens is 419 g/mol. The monoisotopic (exact) mass is 464 g/mol. The Labute approximate surface area is 168 Å². The van der Waals surface area contributed by atoms with Crippen LogP contribution in [0.15, 0.2) is 36.4 Å². The SMILES string of the molecule is CCCCC/C=[C](\c1ccccc1)[Sn]([CH2]CCC)([CH2]CCC)[CH2]CCC. The van der Waals surface area contributed by atoms with E-state index in [4.69, 9.17) is 0 Å². The van der Waals surface area contributed by atoms with Gasteiger partial charge in [0.2, 0.25) is 0 Å². The minimum absolute atomic E-state index is 1.29. The molecule has 0 N–H and O–H groups in total. The van der Waals surface area contributed by atoms with Crippen molar-refractivity contribution in [2.24, 2.45) is 0 Å². The molecule has 0 saturated heterocycles. The second-order valence-electron chi connectivity index (χ2n) is 8.07. The van der Waals surface area contributed by atoms with Crippen LogP contribution in [-0.2, 0) is 0 Å². The minimum atomic E-state index is -2.36. The summed E-state index contributed by atoms with van der Waals surface area (Å²) in [6, 6.07) is 11.5. The molecule has 0 atom stereocenters. The molecule has 0 nitrogen and oxygen atoms in total. The predicted molar refractivity (Wildman–Crippen MR) is 123 cm³/mol. The van der Waals surface area contributed by atoms with Gasteiger partial charge in [0.25, 0.3) is 0 Å². The van der Waals surface area contributed by atoms with Crippen LogP contribution in [0.4, 0.5) is 0 Å². The van der Waals surface area contributed by atoms with E-state index in [9.17, 15) is 0 Å². The number of rotatable bonds is 15. The molecule has 1 heteroatoms. The third-order valence-corrected chi connectivity index (χ3v) is 21.7. The van der Waals surface area contributed by atoms with Crippen LogP contribution in [0.1, 0.15) is 97.5 Å². The molecule has 0 aromatic heterocycles. The van der Waals surface area contributed by atoms with E-state index in [-0.39, 0.29) is 0 Å². The van der Waals surface area contributed by atoms with Crippen molar-refractivity contribution < 1.29 is 0 Å². The second-order valence-corrected chi connectivity index (χ2v) is 21.2. The van der Waals surface area contributed by atoms with E-state index in [1.807, 2.05) is 3.59 Å². The Kier molecular flexibility index (Phi) is 13.5. The maximum atomic E-state index is 2.72. The first kappa shape index (κ1) is 23.8. The summed E-state index contributed by atoms with van der Waals surface area (Å²) >= 11 is -2.36. The van der Waals surface area contributed by atoms with Crippen molar-refractivity contribution in [2.45, 2.75) is 105 Å². The summed E-state index contributed by atoms with van der Waals surface area (Å²) in [5, 5.41) is 0. The predicted octanol–water partition coefficient (Wildman–Crippen LogP) is 9.04. The van der Waals surface area contributed by atoms with E-state index in [2.05, 4.69) is 64.1 Å². The van der Waals surface area contributed by atoms with Gasteiger partial charge in [-0.25, -0.2) is 0 Å². The molecule has 0 amide bonds. The molecule has 0 unspecified atom stereocenters. The van der Waals surface area contributed by atoms with Crippen LogP contribution < -0.4 is 0 Å². The Morgan fingerprint density at radius 1 is 0.692 bits per heavy atom. The number of hydrogen-bond donors (Lipinski definition) is 0. The first-order valence-electron chi connectivity index (χ1n) is 11.5. The fraction of sp³-hybridized carbons (Fsp3) is 0.680. The fourth-order valence-electron chi connectivity index (χ4n) is 4.22. The molecule has 0 spiro atoms.